The van der Waals surface area contributed by atoms with Crippen LogP contribution in [0.1, 0.15) is 37.5 Å². The van der Waals surface area contributed by atoms with E-state index in [-0.39, 0.29) is 0 Å². The molecule has 0 radical (unpaired) electrons. The van der Waals surface area contributed by atoms with Gasteiger partial charge in [-0.05, 0) is 59.1 Å². The Morgan fingerprint density at radius 3 is 2.75 bits per heavy atom. The van der Waals surface area contributed by atoms with E-state index in [2.05, 4.69) is 42.2 Å². The normalized spacial score (nSPS) is 15.4. The number of nitrogens with zero attached hydrogens (tertiary/aromatic N) is 2. The van der Waals surface area contributed by atoms with Crippen LogP contribution >= 0.6 is 0 Å². The topological polar surface area (TPSA) is 31.6 Å². The van der Waals surface area contributed by atoms with Crippen LogP contribution in [0.15, 0.2) is 16.7 Å². The second-order valence-corrected chi connectivity index (χ2v) is 6.10. The molecule has 0 atom stereocenters. The summed E-state index contributed by atoms with van der Waals surface area (Å²) in [7, 11) is 4.25. The highest BCUT2D eigenvalue weighted by atomic mass is 16.3. The lowest BCUT2D eigenvalue weighted by atomic mass is 10.3. The van der Waals surface area contributed by atoms with Crippen molar-refractivity contribution >= 4 is 0 Å². The Kier molecular flexibility index (Phi) is 6.07. The fraction of sp³-hybridized carbons (Fsp3) is 0.750. The monoisotopic (exact) mass is 279 g/mol. The minimum absolute atomic E-state index is 0.756. The summed E-state index contributed by atoms with van der Waals surface area (Å²) in [5.41, 5.74) is 1.27. The van der Waals surface area contributed by atoms with Gasteiger partial charge in [-0.1, -0.05) is 6.92 Å². The summed E-state index contributed by atoms with van der Waals surface area (Å²) in [6.45, 7) is 7.43. The van der Waals surface area contributed by atoms with Crippen LogP contribution in [0.5, 0.6) is 0 Å². The summed E-state index contributed by atoms with van der Waals surface area (Å²) < 4.78 is 5.69. The third-order valence-corrected chi connectivity index (χ3v) is 3.79. The predicted molar refractivity (Wildman–Crippen MR) is 82.7 cm³/mol. The fourth-order valence-electron chi connectivity index (χ4n) is 2.33. The number of hydrogen-bond acceptors (Lipinski definition) is 4. The Labute approximate surface area is 123 Å². The maximum absolute atomic E-state index is 5.69. The first-order chi connectivity index (χ1) is 9.67. The van der Waals surface area contributed by atoms with E-state index in [9.17, 15) is 0 Å². The molecule has 0 unspecified atom stereocenters. The SMILES string of the molecule is CCN(CCCN(C)C)Cc1cc(CNC2CC2)co1. The van der Waals surface area contributed by atoms with E-state index < -0.39 is 0 Å². The third kappa shape index (κ3) is 5.65. The van der Waals surface area contributed by atoms with Crippen molar-refractivity contribution in [3.05, 3.63) is 23.7 Å². The summed E-state index contributed by atoms with van der Waals surface area (Å²) in [5.74, 6) is 1.09. The van der Waals surface area contributed by atoms with Gasteiger partial charge in [0.15, 0.2) is 0 Å². The van der Waals surface area contributed by atoms with Crippen molar-refractivity contribution in [1.29, 1.82) is 0 Å². The first kappa shape index (κ1) is 15.5. The maximum Gasteiger partial charge on any atom is 0.118 e. The smallest absolute Gasteiger partial charge is 0.118 e. The van der Waals surface area contributed by atoms with Gasteiger partial charge in [0.05, 0.1) is 12.8 Å². The van der Waals surface area contributed by atoms with E-state index in [4.69, 9.17) is 4.42 Å². The molecule has 1 aliphatic rings. The van der Waals surface area contributed by atoms with Crippen molar-refractivity contribution in [2.24, 2.45) is 0 Å². The maximum atomic E-state index is 5.69. The molecule has 1 aliphatic carbocycles. The van der Waals surface area contributed by atoms with Crippen LogP contribution in [0.25, 0.3) is 0 Å². The number of rotatable bonds is 10. The van der Waals surface area contributed by atoms with E-state index in [0.717, 1.165) is 44.5 Å². The van der Waals surface area contributed by atoms with Gasteiger partial charge in [-0.15, -0.1) is 0 Å². The molecule has 1 N–H and O–H groups in total. The van der Waals surface area contributed by atoms with Gasteiger partial charge >= 0.3 is 0 Å². The Morgan fingerprint density at radius 2 is 2.10 bits per heavy atom. The molecule has 4 heteroatoms. The molecule has 0 spiro atoms. The molecule has 1 fully saturated rings. The average molecular weight is 279 g/mol. The molecule has 20 heavy (non-hydrogen) atoms. The van der Waals surface area contributed by atoms with Crippen LogP contribution in [0.3, 0.4) is 0 Å². The van der Waals surface area contributed by atoms with Gasteiger partial charge < -0.3 is 14.6 Å². The molecule has 2 rings (SSSR count). The van der Waals surface area contributed by atoms with Crippen LogP contribution in [0.4, 0.5) is 0 Å². The molecule has 4 nitrogen and oxygen atoms in total. The van der Waals surface area contributed by atoms with E-state index >= 15 is 0 Å². The molecule has 0 aromatic carbocycles. The molecule has 114 valence electrons. The van der Waals surface area contributed by atoms with E-state index in [1.54, 1.807) is 0 Å². The zero-order chi connectivity index (χ0) is 14.4. The molecule has 0 saturated heterocycles. The van der Waals surface area contributed by atoms with E-state index in [1.165, 1.54) is 24.8 Å². The highest BCUT2D eigenvalue weighted by molar-refractivity contribution is 5.13. The lowest BCUT2D eigenvalue weighted by Crippen LogP contribution is -2.26. The summed E-state index contributed by atoms with van der Waals surface area (Å²) >= 11 is 0. The first-order valence-electron chi connectivity index (χ1n) is 7.84. The lowest BCUT2D eigenvalue weighted by molar-refractivity contribution is 0.240. The predicted octanol–water partition coefficient (Wildman–Crippen LogP) is 2.31. The van der Waals surface area contributed by atoms with Crippen LogP contribution in [0.2, 0.25) is 0 Å². The largest absolute Gasteiger partial charge is 0.468 e. The number of hydrogen-bond donors (Lipinski definition) is 1. The molecule has 1 aromatic rings. The number of nitrogens with one attached hydrogen (secondary N) is 1. The van der Waals surface area contributed by atoms with Crippen molar-refractivity contribution in [1.82, 2.24) is 15.1 Å². The van der Waals surface area contributed by atoms with Gasteiger partial charge in [0.1, 0.15) is 5.76 Å². The average Bonchev–Trinajstić information content (AvgIpc) is 3.14. The number of furan rings is 1. The summed E-state index contributed by atoms with van der Waals surface area (Å²) in [5, 5.41) is 3.52. The molecule has 1 aromatic heterocycles. The van der Waals surface area contributed by atoms with Crippen molar-refractivity contribution in [3.63, 3.8) is 0 Å². The van der Waals surface area contributed by atoms with Gasteiger partial charge in [-0.3, -0.25) is 4.90 Å². The van der Waals surface area contributed by atoms with E-state index in [0.29, 0.717) is 0 Å². The molecule has 0 bridgehead atoms. The summed E-state index contributed by atoms with van der Waals surface area (Å²) in [4.78, 5) is 4.68. The minimum Gasteiger partial charge on any atom is -0.468 e. The Balaban J connectivity index is 1.71. The van der Waals surface area contributed by atoms with Crippen LogP contribution in [-0.2, 0) is 13.1 Å². The van der Waals surface area contributed by atoms with Crippen molar-refractivity contribution in [2.75, 3.05) is 33.7 Å². The van der Waals surface area contributed by atoms with Crippen LogP contribution in [-0.4, -0.2) is 49.6 Å². The zero-order valence-electron chi connectivity index (χ0n) is 13.2. The van der Waals surface area contributed by atoms with Crippen molar-refractivity contribution < 1.29 is 4.42 Å². The molecule has 1 saturated carbocycles. The van der Waals surface area contributed by atoms with Gasteiger partial charge in [0, 0.05) is 18.2 Å². The van der Waals surface area contributed by atoms with Crippen molar-refractivity contribution in [3.8, 4) is 0 Å². The fourth-order valence-corrected chi connectivity index (χ4v) is 2.33. The minimum atomic E-state index is 0.756. The second-order valence-electron chi connectivity index (χ2n) is 6.10. The quantitative estimate of drug-likeness (QED) is 0.712. The Morgan fingerprint density at radius 1 is 1.30 bits per heavy atom. The molecule has 0 aliphatic heterocycles. The van der Waals surface area contributed by atoms with Gasteiger partial charge in [0.2, 0.25) is 0 Å². The lowest BCUT2D eigenvalue weighted by Gasteiger charge is -2.20. The van der Waals surface area contributed by atoms with Gasteiger partial charge in [0.25, 0.3) is 0 Å². The molecule has 1 heterocycles. The zero-order valence-corrected chi connectivity index (χ0v) is 13.2. The Bertz CT molecular complexity index is 385. The van der Waals surface area contributed by atoms with E-state index in [1.807, 2.05) is 6.26 Å². The van der Waals surface area contributed by atoms with Gasteiger partial charge in [-0.25, -0.2) is 0 Å². The Hall–Kier alpha value is -0.840. The highest BCUT2D eigenvalue weighted by Crippen LogP contribution is 2.20. The third-order valence-electron chi connectivity index (χ3n) is 3.79. The second kappa shape index (κ2) is 7.81. The summed E-state index contributed by atoms with van der Waals surface area (Å²) in [6, 6.07) is 2.95. The highest BCUT2D eigenvalue weighted by Gasteiger charge is 2.20. The first-order valence-corrected chi connectivity index (χ1v) is 7.84. The molecular formula is C16H29N3O. The van der Waals surface area contributed by atoms with Crippen molar-refractivity contribution in [2.45, 2.75) is 45.3 Å². The van der Waals surface area contributed by atoms with Crippen LogP contribution in [0, 0.1) is 0 Å². The van der Waals surface area contributed by atoms with Crippen LogP contribution < -0.4 is 5.32 Å². The molecule has 0 amide bonds. The van der Waals surface area contributed by atoms with Gasteiger partial charge in [-0.2, -0.15) is 0 Å². The standard InChI is InChI=1S/C16H29N3O/c1-4-19(9-5-8-18(2)3)12-16-10-14(13-20-16)11-17-15-6-7-15/h10,13,15,17H,4-9,11-12H2,1-3H3. The summed E-state index contributed by atoms with van der Waals surface area (Å²) in [6.07, 6.45) is 5.77. The molecular weight excluding hydrogens is 250 g/mol.